The van der Waals surface area contributed by atoms with Gasteiger partial charge in [0.05, 0.1) is 18.3 Å². The third-order valence-electron chi connectivity index (χ3n) is 3.46. The van der Waals surface area contributed by atoms with Gasteiger partial charge in [0, 0.05) is 11.7 Å². The summed E-state index contributed by atoms with van der Waals surface area (Å²) in [6.45, 7) is 0.672. The van der Waals surface area contributed by atoms with Crippen LogP contribution in [0.5, 0.6) is 0 Å². The van der Waals surface area contributed by atoms with Crippen LogP contribution in [0.1, 0.15) is 30.3 Å². The predicted octanol–water partition coefficient (Wildman–Crippen LogP) is 2.06. The smallest absolute Gasteiger partial charge is 0.150 e. The van der Waals surface area contributed by atoms with E-state index in [0.717, 1.165) is 30.1 Å². The zero-order valence-electron chi connectivity index (χ0n) is 9.03. The van der Waals surface area contributed by atoms with Crippen LogP contribution >= 0.6 is 23.4 Å². The molecule has 0 bridgehead atoms. The van der Waals surface area contributed by atoms with Crippen LogP contribution in [-0.2, 0) is 13.0 Å². The van der Waals surface area contributed by atoms with Gasteiger partial charge in [-0.1, -0.05) is 11.6 Å². The van der Waals surface area contributed by atoms with Gasteiger partial charge >= 0.3 is 0 Å². The highest BCUT2D eigenvalue weighted by Crippen LogP contribution is 2.35. The van der Waals surface area contributed by atoms with E-state index in [0.29, 0.717) is 17.6 Å². The molecule has 3 heterocycles. The lowest BCUT2D eigenvalue weighted by Crippen LogP contribution is -2.26. The van der Waals surface area contributed by atoms with Gasteiger partial charge in [-0.15, -0.1) is 0 Å². The van der Waals surface area contributed by atoms with Gasteiger partial charge < -0.3 is 9.67 Å². The Hall–Kier alpha value is -0.190. The zero-order chi connectivity index (χ0) is 11.1. The highest BCUT2D eigenvalue weighted by atomic mass is 35.5. The average molecular weight is 259 g/mol. The SMILES string of the molecule is OC1CCc2c(Cl)nc(C3CCSC3)n2C1. The molecule has 1 N–H and O–H groups in total. The minimum Gasteiger partial charge on any atom is -0.391 e. The number of hydrogen-bond acceptors (Lipinski definition) is 3. The van der Waals surface area contributed by atoms with Gasteiger partial charge in [0.25, 0.3) is 0 Å². The molecule has 1 aromatic rings. The largest absolute Gasteiger partial charge is 0.391 e. The van der Waals surface area contributed by atoms with E-state index in [-0.39, 0.29) is 6.10 Å². The molecule has 2 unspecified atom stereocenters. The lowest BCUT2D eigenvalue weighted by atomic mass is 10.1. The van der Waals surface area contributed by atoms with Crippen LogP contribution in [0.25, 0.3) is 0 Å². The Bertz CT molecular complexity index is 401. The maximum absolute atomic E-state index is 9.74. The minimum absolute atomic E-state index is 0.231. The van der Waals surface area contributed by atoms with E-state index >= 15 is 0 Å². The molecule has 1 aromatic heterocycles. The highest BCUT2D eigenvalue weighted by Gasteiger charge is 2.29. The van der Waals surface area contributed by atoms with Crippen LogP contribution in [0, 0.1) is 0 Å². The number of fused-ring (bicyclic) bond motifs is 1. The average Bonchev–Trinajstić information content (AvgIpc) is 2.86. The van der Waals surface area contributed by atoms with Gasteiger partial charge in [0.15, 0.2) is 5.15 Å². The molecular formula is C11H15ClN2OS. The molecule has 3 nitrogen and oxygen atoms in total. The number of hydrogen-bond donors (Lipinski definition) is 1. The van der Waals surface area contributed by atoms with Crippen LogP contribution in [-0.4, -0.2) is 32.3 Å². The fourth-order valence-electron chi connectivity index (χ4n) is 2.57. The molecule has 2 atom stereocenters. The molecule has 2 aliphatic heterocycles. The number of imidazole rings is 1. The van der Waals surface area contributed by atoms with Crippen molar-refractivity contribution >= 4 is 23.4 Å². The summed E-state index contributed by atoms with van der Waals surface area (Å²) in [4.78, 5) is 4.51. The van der Waals surface area contributed by atoms with Gasteiger partial charge in [0.1, 0.15) is 5.82 Å². The standard InChI is InChI=1S/C11H15ClN2OS/c12-10-9-2-1-8(15)5-14(9)11(13-10)7-3-4-16-6-7/h7-8,15H,1-6H2. The van der Waals surface area contributed by atoms with Gasteiger partial charge in [-0.3, -0.25) is 0 Å². The lowest BCUT2D eigenvalue weighted by Gasteiger charge is -2.23. The van der Waals surface area contributed by atoms with Crippen molar-refractivity contribution in [3.05, 3.63) is 16.7 Å². The molecule has 0 saturated carbocycles. The lowest BCUT2D eigenvalue weighted by molar-refractivity contribution is 0.129. The molecule has 0 aromatic carbocycles. The molecule has 16 heavy (non-hydrogen) atoms. The molecule has 1 fully saturated rings. The normalized spacial score (nSPS) is 29.4. The van der Waals surface area contributed by atoms with Crippen molar-refractivity contribution in [3.8, 4) is 0 Å². The van der Waals surface area contributed by atoms with Crippen molar-refractivity contribution in [2.45, 2.75) is 37.8 Å². The summed E-state index contributed by atoms with van der Waals surface area (Å²) in [6.07, 6.45) is 2.62. The first-order valence-corrected chi connectivity index (χ1v) is 7.29. The first-order valence-electron chi connectivity index (χ1n) is 5.76. The maximum atomic E-state index is 9.74. The Morgan fingerprint density at radius 3 is 3.06 bits per heavy atom. The summed E-state index contributed by atoms with van der Waals surface area (Å²) in [5.41, 5.74) is 1.12. The van der Waals surface area contributed by atoms with Gasteiger partial charge in [-0.25, -0.2) is 4.98 Å². The first-order chi connectivity index (χ1) is 7.75. The molecule has 0 amide bonds. The van der Waals surface area contributed by atoms with E-state index in [1.54, 1.807) is 0 Å². The monoisotopic (exact) mass is 258 g/mol. The second-order valence-corrected chi connectivity index (χ2v) is 6.08. The van der Waals surface area contributed by atoms with E-state index in [1.165, 1.54) is 12.2 Å². The van der Waals surface area contributed by atoms with Gasteiger partial charge in [-0.2, -0.15) is 11.8 Å². The number of aliphatic hydroxyl groups excluding tert-OH is 1. The molecule has 0 aliphatic carbocycles. The Labute approximate surface area is 104 Å². The molecule has 5 heteroatoms. The number of nitrogens with zero attached hydrogens (tertiary/aromatic N) is 2. The Kier molecular flexibility index (Phi) is 2.90. The Morgan fingerprint density at radius 2 is 2.31 bits per heavy atom. The number of halogens is 1. The number of thioether (sulfide) groups is 1. The summed E-state index contributed by atoms with van der Waals surface area (Å²) >= 11 is 8.15. The van der Waals surface area contributed by atoms with Crippen LogP contribution in [0.4, 0.5) is 0 Å². The van der Waals surface area contributed by atoms with E-state index in [1.807, 2.05) is 11.8 Å². The summed E-state index contributed by atoms with van der Waals surface area (Å²) in [5.74, 6) is 3.99. The van der Waals surface area contributed by atoms with E-state index in [2.05, 4.69) is 9.55 Å². The van der Waals surface area contributed by atoms with Crippen LogP contribution < -0.4 is 0 Å². The summed E-state index contributed by atoms with van der Waals surface area (Å²) < 4.78 is 2.16. The third kappa shape index (κ3) is 1.77. The molecule has 0 radical (unpaired) electrons. The van der Waals surface area contributed by atoms with Crippen molar-refractivity contribution in [2.75, 3.05) is 11.5 Å². The molecule has 1 saturated heterocycles. The van der Waals surface area contributed by atoms with Crippen molar-refractivity contribution in [2.24, 2.45) is 0 Å². The number of rotatable bonds is 1. The van der Waals surface area contributed by atoms with E-state index in [9.17, 15) is 5.11 Å². The Morgan fingerprint density at radius 1 is 1.44 bits per heavy atom. The van der Waals surface area contributed by atoms with Crippen molar-refractivity contribution < 1.29 is 5.11 Å². The van der Waals surface area contributed by atoms with Crippen molar-refractivity contribution in [3.63, 3.8) is 0 Å². The van der Waals surface area contributed by atoms with Crippen LogP contribution in [0.2, 0.25) is 5.15 Å². The zero-order valence-corrected chi connectivity index (χ0v) is 10.6. The fourth-order valence-corrected chi connectivity index (χ4v) is 4.07. The van der Waals surface area contributed by atoms with Gasteiger partial charge in [-0.05, 0) is 25.0 Å². The second-order valence-electron chi connectivity index (χ2n) is 4.57. The van der Waals surface area contributed by atoms with Crippen LogP contribution in [0.15, 0.2) is 0 Å². The third-order valence-corrected chi connectivity index (χ3v) is 4.92. The highest BCUT2D eigenvalue weighted by molar-refractivity contribution is 7.99. The van der Waals surface area contributed by atoms with E-state index < -0.39 is 0 Å². The Balaban J connectivity index is 1.98. The number of aliphatic hydroxyl groups is 1. The molecule has 2 aliphatic rings. The maximum Gasteiger partial charge on any atom is 0.150 e. The summed E-state index contributed by atoms with van der Waals surface area (Å²) in [5, 5.41) is 10.4. The quantitative estimate of drug-likeness (QED) is 0.838. The van der Waals surface area contributed by atoms with E-state index in [4.69, 9.17) is 11.6 Å². The topological polar surface area (TPSA) is 38.1 Å². The van der Waals surface area contributed by atoms with Crippen LogP contribution in [0.3, 0.4) is 0 Å². The molecule has 88 valence electrons. The first kappa shape index (κ1) is 10.9. The second kappa shape index (κ2) is 4.24. The molecular weight excluding hydrogens is 244 g/mol. The van der Waals surface area contributed by atoms with Crippen molar-refractivity contribution in [1.82, 2.24) is 9.55 Å². The molecule has 3 rings (SSSR count). The summed E-state index contributed by atoms with van der Waals surface area (Å²) in [7, 11) is 0. The predicted molar refractivity (Wildman–Crippen MR) is 66.2 cm³/mol. The van der Waals surface area contributed by atoms with Gasteiger partial charge in [0.2, 0.25) is 0 Å². The number of aromatic nitrogens is 2. The minimum atomic E-state index is -0.231. The fraction of sp³-hybridized carbons (Fsp3) is 0.727. The molecule has 0 spiro atoms. The summed E-state index contributed by atoms with van der Waals surface area (Å²) in [6, 6.07) is 0. The van der Waals surface area contributed by atoms with Crippen molar-refractivity contribution in [1.29, 1.82) is 0 Å².